The van der Waals surface area contributed by atoms with Crippen LogP contribution >= 0.6 is 0 Å². The van der Waals surface area contributed by atoms with Crippen LogP contribution in [0.15, 0.2) is 42.5 Å². The number of nitrogens with one attached hydrogen (secondary N) is 2. The highest BCUT2D eigenvalue weighted by molar-refractivity contribution is 5.98. The monoisotopic (exact) mass is 352 g/mol. The molecule has 3 rings (SSSR count). The Kier molecular flexibility index (Phi) is 4.93. The van der Waals surface area contributed by atoms with Gasteiger partial charge >= 0.3 is 5.97 Å². The number of aromatic nitrogens is 1. The maximum Gasteiger partial charge on any atom is 0.341 e. The van der Waals surface area contributed by atoms with Gasteiger partial charge in [0.1, 0.15) is 17.0 Å². The van der Waals surface area contributed by atoms with Crippen LogP contribution in [0.5, 0.6) is 5.75 Å². The molecule has 134 valence electrons. The molecule has 0 atom stereocenters. The van der Waals surface area contributed by atoms with Crippen LogP contribution in [-0.2, 0) is 11.3 Å². The highest BCUT2D eigenvalue weighted by atomic mass is 16.5. The minimum absolute atomic E-state index is 0.214. The summed E-state index contributed by atoms with van der Waals surface area (Å²) in [6.45, 7) is 2.28. The lowest BCUT2D eigenvalue weighted by Crippen LogP contribution is -2.23. The van der Waals surface area contributed by atoms with Crippen LogP contribution < -0.4 is 10.1 Å². The molecule has 0 aliphatic carbocycles. The number of aryl methyl sites for hydroxylation is 1. The lowest BCUT2D eigenvalue weighted by Gasteiger charge is -2.10. The van der Waals surface area contributed by atoms with Crippen LogP contribution in [0.25, 0.3) is 10.9 Å². The number of ether oxygens (including phenoxy) is 2. The summed E-state index contributed by atoms with van der Waals surface area (Å²) < 4.78 is 9.93. The van der Waals surface area contributed by atoms with Crippen molar-refractivity contribution in [2.45, 2.75) is 13.5 Å². The maximum absolute atomic E-state index is 12.4. The van der Waals surface area contributed by atoms with Crippen LogP contribution in [0.3, 0.4) is 0 Å². The van der Waals surface area contributed by atoms with Crippen molar-refractivity contribution < 1.29 is 19.1 Å². The van der Waals surface area contributed by atoms with Gasteiger partial charge < -0.3 is 19.8 Å². The lowest BCUT2D eigenvalue weighted by molar-refractivity contribution is 0.0597. The molecule has 0 saturated carbocycles. The van der Waals surface area contributed by atoms with E-state index in [1.807, 2.05) is 31.2 Å². The van der Waals surface area contributed by atoms with E-state index in [1.165, 1.54) is 14.2 Å². The van der Waals surface area contributed by atoms with Crippen molar-refractivity contribution in [3.05, 3.63) is 64.8 Å². The fourth-order valence-electron chi connectivity index (χ4n) is 2.78. The van der Waals surface area contributed by atoms with E-state index >= 15 is 0 Å². The molecule has 6 heteroatoms. The summed E-state index contributed by atoms with van der Waals surface area (Å²) in [7, 11) is 2.80. The van der Waals surface area contributed by atoms with Gasteiger partial charge in [-0.25, -0.2) is 4.79 Å². The molecule has 0 aliphatic heterocycles. The second kappa shape index (κ2) is 7.31. The molecule has 1 heterocycles. The largest absolute Gasteiger partial charge is 0.496 e. The Balaban J connectivity index is 1.75. The van der Waals surface area contributed by atoms with E-state index in [4.69, 9.17) is 9.47 Å². The van der Waals surface area contributed by atoms with E-state index in [1.54, 1.807) is 18.2 Å². The van der Waals surface area contributed by atoms with Gasteiger partial charge in [-0.1, -0.05) is 18.2 Å². The van der Waals surface area contributed by atoms with Crippen LogP contribution in [0, 0.1) is 6.92 Å². The topological polar surface area (TPSA) is 80.4 Å². The second-order valence-electron chi connectivity index (χ2n) is 5.98. The Labute approximate surface area is 151 Å². The van der Waals surface area contributed by atoms with Crippen LogP contribution in [0.1, 0.15) is 32.0 Å². The van der Waals surface area contributed by atoms with Crippen LogP contribution in [0.2, 0.25) is 0 Å². The summed E-state index contributed by atoms with van der Waals surface area (Å²) in [5, 5.41) is 3.83. The summed E-state index contributed by atoms with van der Waals surface area (Å²) >= 11 is 0. The third-order valence-electron chi connectivity index (χ3n) is 4.14. The predicted octanol–water partition coefficient (Wildman–Crippen LogP) is 3.20. The minimum atomic E-state index is -0.485. The third-order valence-corrected chi connectivity index (χ3v) is 4.14. The van der Waals surface area contributed by atoms with Crippen molar-refractivity contribution >= 4 is 22.8 Å². The standard InChI is InChI=1S/C20H20N2O4/c1-12-4-6-14-10-17(22-16(14)8-12)19(23)21-11-13-5-7-18(25-2)15(9-13)20(24)26-3/h4-10,22H,11H2,1-3H3,(H,21,23). The molecule has 0 radical (unpaired) electrons. The number of carbonyl (C=O) groups excluding carboxylic acids is 2. The van der Waals surface area contributed by atoms with Gasteiger partial charge in [0.2, 0.25) is 0 Å². The molecule has 1 amide bonds. The molecular formula is C20H20N2O4. The number of rotatable bonds is 5. The Hall–Kier alpha value is -3.28. The molecule has 0 saturated heterocycles. The molecule has 2 aromatic carbocycles. The summed E-state index contributed by atoms with van der Waals surface area (Å²) in [5.74, 6) is -0.270. The number of hydrogen-bond acceptors (Lipinski definition) is 4. The van der Waals surface area contributed by atoms with Gasteiger partial charge in [0, 0.05) is 17.4 Å². The van der Waals surface area contributed by atoms with E-state index in [0.29, 0.717) is 17.0 Å². The van der Waals surface area contributed by atoms with Crippen LogP contribution in [-0.4, -0.2) is 31.1 Å². The zero-order chi connectivity index (χ0) is 18.7. The lowest BCUT2D eigenvalue weighted by atomic mass is 10.1. The number of esters is 1. The van der Waals surface area contributed by atoms with E-state index < -0.39 is 5.97 Å². The molecule has 6 nitrogen and oxygen atoms in total. The van der Waals surface area contributed by atoms with Gasteiger partial charge in [-0.3, -0.25) is 4.79 Å². The Morgan fingerprint density at radius 2 is 1.88 bits per heavy atom. The first kappa shape index (κ1) is 17.5. The molecule has 2 N–H and O–H groups in total. The van der Waals surface area contributed by atoms with E-state index in [0.717, 1.165) is 22.0 Å². The molecule has 3 aromatic rings. The van der Waals surface area contributed by atoms with Gasteiger partial charge in [0.25, 0.3) is 5.91 Å². The highest BCUT2D eigenvalue weighted by Gasteiger charge is 2.14. The van der Waals surface area contributed by atoms with Gasteiger partial charge in [-0.2, -0.15) is 0 Å². The van der Waals surface area contributed by atoms with Gasteiger partial charge in [-0.15, -0.1) is 0 Å². The highest BCUT2D eigenvalue weighted by Crippen LogP contribution is 2.21. The van der Waals surface area contributed by atoms with Crippen molar-refractivity contribution in [2.75, 3.05) is 14.2 Å². The number of aromatic amines is 1. The van der Waals surface area contributed by atoms with Gasteiger partial charge in [0.15, 0.2) is 0 Å². The minimum Gasteiger partial charge on any atom is -0.496 e. The van der Waals surface area contributed by atoms with Crippen LogP contribution in [0.4, 0.5) is 0 Å². The van der Waals surface area contributed by atoms with Crippen molar-refractivity contribution in [1.29, 1.82) is 0 Å². The summed E-state index contributed by atoms with van der Waals surface area (Å²) in [5.41, 5.74) is 3.63. The normalized spacial score (nSPS) is 10.6. The first-order chi connectivity index (χ1) is 12.5. The fourth-order valence-corrected chi connectivity index (χ4v) is 2.78. The molecule has 26 heavy (non-hydrogen) atoms. The number of methoxy groups -OCH3 is 2. The molecule has 1 aromatic heterocycles. The average Bonchev–Trinajstić information content (AvgIpc) is 3.08. The second-order valence-corrected chi connectivity index (χ2v) is 5.98. The Morgan fingerprint density at radius 1 is 1.08 bits per heavy atom. The Bertz CT molecular complexity index is 975. The van der Waals surface area contributed by atoms with Gasteiger partial charge in [-0.05, 0) is 42.3 Å². The predicted molar refractivity (Wildman–Crippen MR) is 98.5 cm³/mol. The molecule has 0 bridgehead atoms. The molecule has 0 aliphatic rings. The smallest absolute Gasteiger partial charge is 0.341 e. The Morgan fingerprint density at radius 3 is 2.62 bits per heavy atom. The number of H-pyrrole nitrogens is 1. The summed E-state index contributed by atoms with van der Waals surface area (Å²) in [6, 6.07) is 12.9. The van der Waals surface area contributed by atoms with E-state index in [2.05, 4.69) is 10.3 Å². The molecule has 0 unspecified atom stereocenters. The average molecular weight is 352 g/mol. The zero-order valence-electron chi connectivity index (χ0n) is 14.9. The molecule has 0 spiro atoms. The first-order valence-corrected chi connectivity index (χ1v) is 8.14. The van der Waals surface area contributed by atoms with E-state index in [-0.39, 0.29) is 12.5 Å². The molecule has 0 fully saturated rings. The fraction of sp³-hybridized carbons (Fsp3) is 0.200. The number of fused-ring (bicyclic) bond motifs is 1. The number of benzene rings is 2. The first-order valence-electron chi connectivity index (χ1n) is 8.14. The zero-order valence-corrected chi connectivity index (χ0v) is 14.9. The van der Waals surface area contributed by atoms with Gasteiger partial charge in [0.05, 0.1) is 14.2 Å². The quantitative estimate of drug-likeness (QED) is 0.691. The van der Waals surface area contributed by atoms with Crippen molar-refractivity contribution in [3.63, 3.8) is 0 Å². The SMILES string of the molecule is COC(=O)c1cc(CNC(=O)c2cc3ccc(C)cc3[nH]2)ccc1OC. The molecular weight excluding hydrogens is 332 g/mol. The van der Waals surface area contributed by atoms with Crippen molar-refractivity contribution in [1.82, 2.24) is 10.3 Å². The number of carbonyl (C=O) groups is 2. The maximum atomic E-state index is 12.4. The van der Waals surface area contributed by atoms with E-state index in [9.17, 15) is 9.59 Å². The number of amides is 1. The summed E-state index contributed by atoms with van der Waals surface area (Å²) in [4.78, 5) is 27.4. The number of hydrogen-bond donors (Lipinski definition) is 2. The third kappa shape index (κ3) is 3.54. The van der Waals surface area contributed by atoms with Crippen molar-refractivity contribution in [3.8, 4) is 5.75 Å². The van der Waals surface area contributed by atoms with Crippen molar-refractivity contribution in [2.24, 2.45) is 0 Å². The summed E-state index contributed by atoms with van der Waals surface area (Å²) in [6.07, 6.45) is 0.